The summed E-state index contributed by atoms with van der Waals surface area (Å²) in [6, 6.07) is 2.65. The van der Waals surface area contributed by atoms with Crippen molar-refractivity contribution in [2.75, 3.05) is 26.2 Å². The van der Waals surface area contributed by atoms with Gasteiger partial charge in [-0.25, -0.2) is 0 Å². The standard InChI is InChI=1S/C14H32N2.C12H28N2/c1-5-13(3)15-11-9-7-8-10-12-16-14(4)6-2;1-11(2)13-9-7-5-6-8-10-14-12(3)4/h13-16H,5-12H2,1-4H3;11-14H,5-10H2,1-4H3. The molecule has 0 radical (unpaired) electrons. The van der Waals surface area contributed by atoms with Crippen molar-refractivity contribution in [3.63, 3.8) is 0 Å². The molecule has 0 aromatic rings. The van der Waals surface area contributed by atoms with E-state index in [0.717, 1.165) is 0 Å². The Balaban J connectivity index is 0. The normalized spacial score (nSPS) is 13.4. The molecular weight excluding hydrogens is 368 g/mol. The predicted molar refractivity (Wildman–Crippen MR) is 139 cm³/mol. The molecule has 0 saturated carbocycles. The van der Waals surface area contributed by atoms with Crippen molar-refractivity contribution >= 4 is 0 Å². The lowest BCUT2D eigenvalue weighted by Gasteiger charge is -2.12. The summed E-state index contributed by atoms with van der Waals surface area (Å²) in [4.78, 5) is 0. The Morgan fingerprint density at radius 3 is 0.900 bits per heavy atom. The Morgan fingerprint density at radius 2 is 0.667 bits per heavy atom. The summed E-state index contributed by atoms with van der Waals surface area (Å²) in [6.45, 7) is 22.5. The zero-order chi connectivity index (χ0) is 23.0. The SMILES string of the molecule is CC(C)NCCCCCCNC(C)C.CCC(C)NCCCCCCNC(C)CC. The lowest BCUT2D eigenvalue weighted by molar-refractivity contribution is 0.487. The van der Waals surface area contributed by atoms with Crippen LogP contribution in [0.3, 0.4) is 0 Å². The highest BCUT2D eigenvalue weighted by Crippen LogP contribution is 2.00. The van der Waals surface area contributed by atoms with Crippen molar-refractivity contribution in [1.82, 2.24) is 21.3 Å². The summed E-state index contributed by atoms with van der Waals surface area (Å²) in [5.41, 5.74) is 0. The Labute approximate surface area is 191 Å². The fraction of sp³-hybridized carbons (Fsp3) is 1.00. The van der Waals surface area contributed by atoms with Crippen LogP contribution in [-0.4, -0.2) is 50.3 Å². The summed E-state index contributed by atoms with van der Waals surface area (Å²) in [5, 5.41) is 13.9. The quantitative estimate of drug-likeness (QED) is 0.183. The second-order valence-corrected chi connectivity index (χ2v) is 9.57. The van der Waals surface area contributed by atoms with E-state index in [-0.39, 0.29) is 0 Å². The first-order valence-corrected chi connectivity index (χ1v) is 13.3. The molecular formula is C26H60N4. The second kappa shape index (κ2) is 25.1. The topological polar surface area (TPSA) is 48.1 Å². The lowest BCUT2D eigenvalue weighted by atomic mass is 10.1. The van der Waals surface area contributed by atoms with Gasteiger partial charge in [-0.05, 0) is 78.6 Å². The van der Waals surface area contributed by atoms with Crippen LogP contribution in [0.2, 0.25) is 0 Å². The van der Waals surface area contributed by atoms with Gasteiger partial charge in [-0.3, -0.25) is 0 Å². The highest BCUT2D eigenvalue weighted by Gasteiger charge is 1.98. The van der Waals surface area contributed by atoms with Gasteiger partial charge in [0.15, 0.2) is 0 Å². The molecule has 0 fully saturated rings. The van der Waals surface area contributed by atoms with Crippen LogP contribution in [-0.2, 0) is 0 Å². The van der Waals surface area contributed by atoms with Gasteiger partial charge in [0.1, 0.15) is 0 Å². The molecule has 2 atom stereocenters. The molecule has 0 spiro atoms. The number of nitrogens with one attached hydrogen (secondary N) is 4. The highest BCUT2D eigenvalue weighted by atomic mass is 14.9. The van der Waals surface area contributed by atoms with E-state index in [1.807, 2.05) is 0 Å². The minimum absolute atomic E-state index is 0.637. The molecule has 4 N–H and O–H groups in total. The number of hydrogen-bond donors (Lipinski definition) is 4. The Kier molecular flexibility index (Phi) is 26.8. The van der Waals surface area contributed by atoms with Crippen molar-refractivity contribution in [2.24, 2.45) is 0 Å². The smallest absolute Gasteiger partial charge is 0.00360 e. The van der Waals surface area contributed by atoms with Gasteiger partial charge < -0.3 is 21.3 Å². The van der Waals surface area contributed by atoms with E-state index in [1.54, 1.807) is 0 Å². The zero-order valence-electron chi connectivity index (χ0n) is 22.2. The minimum Gasteiger partial charge on any atom is -0.315 e. The van der Waals surface area contributed by atoms with Crippen LogP contribution in [0.15, 0.2) is 0 Å². The third-order valence-corrected chi connectivity index (χ3v) is 5.52. The van der Waals surface area contributed by atoms with Crippen LogP contribution in [0.4, 0.5) is 0 Å². The summed E-state index contributed by atoms with van der Waals surface area (Å²) in [5.74, 6) is 0. The van der Waals surface area contributed by atoms with E-state index in [4.69, 9.17) is 0 Å². The van der Waals surface area contributed by atoms with Gasteiger partial charge in [0.25, 0.3) is 0 Å². The first kappa shape index (κ1) is 32.0. The minimum atomic E-state index is 0.637. The van der Waals surface area contributed by atoms with E-state index < -0.39 is 0 Å². The molecule has 0 rings (SSSR count). The van der Waals surface area contributed by atoms with Crippen LogP contribution in [0.5, 0.6) is 0 Å². The van der Waals surface area contributed by atoms with Crippen LogP contribution >= 0.6 is 0 Å². The summed E-state index contributed by atoms with van der Waals surface area (Å²) >= 11 is 0. The molecule has 0 aromatic heterocycles. The third-order valence-electron chi connectivity index (χ3n) is 5.52. The van der Waals surface area contributed by atoms with E-state index in [9.17, 15) is 0 Å². The monoisotopic (exact) mass is 428 g/mol. The van der Waals surface area contributed by atoms with Crippen molar-refractivity contribution in [1.29, 1.82) is 0 Å². The van der Waals surface area contributed by atoms with Crippen LogP contribution < -0.4 is 21.3 Å². The Bertz CT molecular complexity index is 277. The van der Waals surface area contributed by atoms with Crippen LogP contribution in [0.25, 0.3) is 0 Å². The number of hydrogen-bond acceptors (Lipinski definition) is 4. The molecule has 4 nitrogen and oxygen atoms in total. The molecule has 184 valence electrons. The molecule has 0 bridgehead atoms. The Morgan fingerprint density at radius 1 is 0.400 bits per heavy atom. The largest absolute Gasteiger partial charge is 0.315 e. The van der Waals surface area contributed by atoms with Gasteiger partial charge in [0.2, 0.25) is 0 Å². The summed E-state index contributed by atoms with van der Waals surface area (Å²) < 4.78 is 0. The van der Waals surface area contributed by atoms with E-state index >= 15 is 0 Å². The first-order valence-electron chi connectivity index (χ1n) is 13.3. The maximum Gasteiger partial charge on any atom is 0.00360 e. The molecule has 0 aliphatic heterocycles. The molecule has 4 heteroatoms. The summed E-state index contributed by atoms with van der Waals surface area (Å²) in [7, 11) is 0. The van der Waals surface area contributed by atoms with E-state index in [0.29, 0.717) is 24.2 Å². The molecule has 0 aliphatic carbocycles. The zero-order valence-corrected chi connectivity index (χ0v) is 22.2. The fourth-order valence-corrected chi connectivity index (χ4v) is 2.97. The lowest BCUT2D eigenvalue weighted by Crippen LogP contribution is -2.26. The van der Waals surface area contributed by atoms with Crippen LogP contribution in [0.1, 0.15) is 120 Å². The average molecular weight is 429 g/mol. The number of rotatable bonds is 20. The molecule has 0 heterocycles. The van der Waals surface area contributed by atoms with Crippen LogP contribution in [0, 0.1) is 0 Å². The van der Waals surface area contributed by atoms with Gasteiger partial charge in [-0.2, -0.15) is 0 Å². The second-order valence-electron chi connectivity index (χ2n) is 9.57. The molecule has 0 aromatic carbocycles. The van der Waals surface area contributed by atoms with E-state index in [1.165, 1.54) is 90.4 Å². The highest BCUT2D eigenvalue weighted by molar-refractivity contribution is 4.59. The van der Waals surface area contributed by atoms with Crippen molar-refractivity contribution < 1.29 is 0 Å². The third kappa shape index (κ3) is 30.0. The average Bonchev–Trinajstić information content (AvgIpc) is 2.71. The van der Waals surface area contributed by atoms with Crippen molar-refractivity contribution in [2.45, 2.75) is 144 Å². The first-order chi connectivity index (χ1) is 14.3. The maximum absolute atomic E-state index is 3.53. The van der Waals surface area contributed by atoms with E-state index in [2.05, 4.69) is 76.7 Å². The number of unbranched alkanes of at least 4 members (excludes halogenated alkanes) is 6. The predicted octanol–water partition coefficient (Wildman–Crippen LogP) is 5.87. The molecule has 0 saturated heterocycles. The van der Waals surface area contributed by atoms with Gasteiger partial charge in [0, 0.05) is 24.2 Å². The van der Waals surface area contributed by atoms with Crippen molar-refractivity contribution in [3.05, 3.63) is 0 Å². The fourth-order valence-electron chi connectivity index (χ4n) is 2.97. The van der Waals surface area contributed by atoms with Gasteiger partial charge in [0.05, 0.1) is 0 Å². The molecule has 0 aliphatic rings. The summed E-state index contributed by atoms with van der Waals surface area (Å²) in [6.07, 6.45) is 13.2. The molecule has 30 heavy (non-hydrogen) atoms. The molecule has 0 amide bonds. The van der Waals surface area contributed by atoms with Gasteiger partial charge >= 0.3 is 0 Å². The van der Waals surface area contributed by atoms with Gasteiger partial charge in [-0.1, -0.05) is 67.2 Å². The maximum atomic E-state index is 3.53. The van der Waals surface area contributed by atoms with Crippen molar-refractivity contribution in [3.8, 4) is 0 Å². The van der Waals surface area contributed by atoms with Gasteiger partial charge in [-0.15, -0.1) is 0 Å². The Hall–Kier alpha value is -0.160. The molecule has 2 unspecified atom stereocenters.